The summed E-state index contributed by atoms with van der Waals surface area (Å²) in [5.41, 5.74) is 0.803. The molecule has 0 saturated carbocycles. The number of hydrogen-bond donors (Lipinski definition) is 1. The third-order valence-corrected chi connectivity index (χ3v) is 3.01. The van der Waals surface area contributed by atoms with Gasteiger partial charge in [0.25, 0.3) is 0 Å². The average molecular weight is 349 g/mol. The van der Waals surface area contributed by atoms with Gasteiger partial charge in [0.2, 0.25) is 0 Å². The minimum atomic E-state index is -0.256. The lowest BCUT2D eigenvalue weighted by Crippen LogP contribution is -1.95. The molecule has 0 atom stereocenters. The van der Waals surface area contributed by atoms with Gasteiger partial charge < -0.3 is 5.32 Å². The zero-order valence-electron chi connectivity index (χ0n) is 8.05. The van der Waals surface area contributed by atoms with Gasteiger partial charge in [-0.3, -0.25) is 0 Å². The molecule has 0 unspecified atom stereocenters. The Morgan fingerprint density at radius 3 is 2.75 bits per heavy atom. The Balaban J connectivity index is 2.27. The van der Waals surface area contributed by atoms with Crippen LogP contribution in [-0.4, -0.2) is 4.98 Å². The normalized spacial score (nSPS) is 10.2. The molecule has 2 nitrogen and oxygen atoms in total. The van der Waals surface area contributed by atoms with Gasteiger partial charge in [-0.15, -0.1) is 0 Å². The number of benzene rings is 1. The Kier molecular flexibility index (Phi) is 3.60. The molecule has 0 radical (unpaired) electrons. The second-order valence-corrected chi connectivity index (χ2v) is 4.64. The van der Waals surface area contributed by atoms with Crippen LogP contribution in [0.2, 0.25) is 5.15 Å². The van der Waals surface area contributed by atoms with E-state index in [0.29, 0.717) is 11.0 Å². The molecule has 0 aliphatic heterocycles. The van der Waals surface area contributed by atoms with E-state index in [1.54, 1.807) is 24.3 Å². The Hall–Kier alpha value is -0.880. The molecule has 0 aliphatic rings. The number of hydrogen-bond acceptors (Lipinski definition) is 2. The number of aromatic nitrogens is 1. The van der Waals surface area contributed by atoms with E-state index >= 15 is 0 Å². The fraction of sp³-hybridized carbons (Fsp3) is 0. The predicted molar refractivity (Wildman–Crippen MR) is 71.6 cm³/mol. The minimum Gasteiger partial charge on any atom is -0.339 e. The number of rotatable bonds is 2. The van der Waals surface area contributed by atoms with Crippen molar-refractivity contribution < 1.29 is 4.39 Å². The highest BCUT2D eigenvalue weighted by molar-refractivity contribution is 14.1. The fourth-order valence-electron chi connectivity index (χ4n) is 1.21. The van der Waals surface area contributed by atoms with Gasteiger partial charge in [-0.25, -0.2) is 9.37 Å². The van der Waals surface area contributed by atoms with Crippen molar-refractivity contribution in [2.75, 3.05) is 5.32 Å². The highest BCUT2D eigenvalue weighted by Gasteiger charge is 2.02. The van der Waals surface area contributed by atoms with Crippen LogP contribution in [0.4, 0.5) is 15.9 Å². The molecule has 82 valence electrons. The van der Waals surface area contributed by atoms with Gasteiger partial charge in [0.05, 0.1) is 5.69 Å². The Labute approximate surface area is 111 Å². The maximum atomic E-state index is 12.9. The summed E-state index contributed by atoms with van der Waals surface area (Å²) in [4.78, 5) is 4.09. The lowest BCUT2D eigenvalue weighted by atomic mass is 10.3. The molecule has 1 heterocycles. The number of nitrogens with zero attached hydrogens (tertiary/aromatic N) is 1. The number of halogens is 3. The van der Waals surface area contributed by atoms with Crippen molar-refractivity contribution in [1.29, 1.82) is 0 Å². The standard InChI is InChI=1S/C11H7ClFIN2/c12-10-2-1-3-11(16-10)15-9-5-4-7(13)6-8(9)14/h1-6H,(H,15,16). The average Bonchev–Trinajstić information content (AvgIpc) is 2.22. The molecule has 0 fully saturated rings. The van der Waals surface area contributed by atoms with Crippen LogP contribution in [0, 0.1) is 9.39 Å². The van der Waals surface area contributed by atoms with Crippen molar-refractivity contribution >= 4 is 45.7 Å². The molecular weight excluding hydrogens is 341 g/mol. The molecule has 0 amide bonds. The Morgan fingerprint density at radius 1 is 1.25 bits per heavy atom. The summed E-state index contributed by atoms with van der Waals surface area (Å²) in [6, 6.07) is 9.81. The van der Waals surface area contributed by atoms with E-state index in [0.717, 1.165) is 9.26 Å². The van der Waals surface area contributed by atoms with Gasteiger partial charge in [0.15, 0.2) is 0 Å². The third-order valence-electron chi connectivity index (χ3n) is 1.91. The van der Waals surface area contributed by atoms with E-state index < -0.39 is 0 Å². The quantitative estimate of drug-likeness (QED) is 0.649. The summed E-state index contributed by atoms with van der Waals surface area (Å²) in [5.74, 6) is 0.381. The molecule has 2 rings (SSSR count). The van der Waals surface area contributed by atoms with Gasteiger partial charge in [-0.05, 0) is 52.9 Å². The lowest BCUT2D eigenvalue weighted by molar-refractivity contribution is 0.627. The van der Waals surface area contributed by atoms with Crippen molar-refractivity contribution in [1.82, 2.24) is 4.98 Å². The molecule has 0 saturated heterocycles. The zero-order valence-corrected chi connectivity index (χ0v) is 11.0. The summed E-state index contributed by atoms with van der Waals surface area (Å²) in [6.45, 7) is 0. The second kappa shape index (κ2) is 4.97. The highest BCUT2D eigenvalue weighted by atomic mass is 127. The first kappa shape index (κ1) is 11.6. The first-order chi connectivity index (χ1) is 7.65. The summed E-state index contributed by atoms with van der Waals surface area (Å²) in [6.07, 6.45) is 0. The molecule has 0 spiro atoms. The van der Waals surface area contributed by atoms with E-state index in [1.165, 1.54) is 12.1 Å². The lowest BCUT2D eigenvalue weighted by Gasteiger charge is -2.07. The Morgan fingerprint density at radius 2 is 2.06 bits per heavy atom. The molecule has 0 bridgehead atoms. The van der Waals surface area contributed by atoms with Crippen LogP contribution in [0.25, 0.3) is 0 Å². The third kappa shape index (κ3) is 2.82. The van der Waals surface area contributed by atoms with Crippen molar-refractivity contribution in [2.45, 2.75) is 0 Å². The zero-order chi connectivity index (χ0) is 11.5. The van der Waals surface area contributed by atoms with Crippen LogP contribution in [0.15, 0.2) is 36.4 Å². The summed E-state index contributed by atoms with van der Waals surface area (Å²) in [5, 5.41) is 3.49. The number of nitrogens with one attached hydrogen (secondary N) is 1. The van der Waals surface area contributed by atoms with Crippen molar-refractivity contribution in [3.05, 3.63) is 50.9 Å². The van der Waals surface area contributed by atoms with Crippen molar-refractivity contribution in [3.63, 3.8) is 0 Å². The van der Waals surface area contributed by atoms with E-state index in [1.807, 2.05) is 0 Å². The Bertz CT molecular complexity index is 519. The fourth-order valence-corrected chi connectivity index (χ4v) is 1.98. The van der Waals surface area contributed by atoms with Crippen molar-refractivity contribution in [2.24, 2.45) is 0 Å². The van der Waals surface area contributed by atoms with Crippen molar-refractivity contribution in [3.8, 4) is 0 Å². The molecule has 1 aromatic carbocycles. The van der Waals surface area contributed by atoms with Crippen LogP contribution >= 0.6 is 34.2 Å². The van der Waals surface area contributed by atoms with E-state index in [2.05, 4.69) is 32.9 Å². The maximum Gasteiger partial charge on any atom is 0.132 e. The van der Waals surface area contributed by atoms with Crippen LogP contribution in [-0.2, 0) is 0 Å². The van der Waals surface area contributed by atoms with Crippen LogP contribution < -0.4 is 5.32 Å². The molecule has 5 heteroatoms. The molecule has 1 N–H and O–H groups in total. The van der Waals surface area contributed by atoms with Gasteiger partial charge in [-0.2, -0.15) is 0 Å². The monoisotopic (exact) mass is 348 g/mol. The summed E-state index contributed by atoms with van der Waals surface area (Å²) < 4.78 is 13.7. The molecule has 16 heavy (non-hydrogen) atoms. The van der Waals surface area contributed by atoms with Gasteiger partial charge >= 0.3 is 0 Å². The van der Waals surface area contributed by atoms with Crippen LogP contribution in [0.5, 0.6) is 0 Å². The van der Waals surface area contributed by atoms with Gasteiger partial charge in [0, 0.05) is 3.57 Å². The van der Waals surface area contributed by atoms with Gasteiger partial charge in [-0.1, -0.05) is 17.7 Å². The van der Waals surface area contributed by atoms with E-state index in [9.17, 15) is 4.39 Å². The first-order valence-electron chi connectivity index (χ1n) is 4.50. The first-order valence-corrected chi connectivity index (χ1v) is 5.95. The summed E-state index contributed by atoms with van der Waals surface area (Å²) >= 11 is 7.82. The molecule has 2 aromatic rings. The van der Waals surface area contributed by atoms with E-state index in [-0.39, 0.29) is 5.82 Å². The van der Waals surface area contributed by atoms with Crippen LogP contribution in [0.1, 0.15) is 0 Å². The summed E-state index contributed by atoms with van der Waals surface area (Å²) in [7, 11) is 0. The van der Waals surface area contributed by atoms with Gasteiger partial charge in [0.1, 0.15) is 16.8 Å². The predicted octanol–water partition coefficient (Wildman–Crippen LogP) is 4.22. The molecule has 0 aliphatic carbocycles. The highest BCUT2D eigenvalue weighted by Crippen LogP contribution is 2.22. The molecule has 1 aromatic heterocycles. The molecular formula is C11H7ClFIN2. The largest absolute Gasteiger partial charge is 0.339 e. The number of anilines is 2. The smallest absolute Gasteiger partial charge is 0.132 e. The minimum absolute atomic E-state index is 0.256. The topological polar surface area (TPSA) is 24.9 Å². The maximum absolute atomic E-state index is 12.9. The number of pyridine rings is 1. The second-order valence-electron chi connectivity index (χ2n) is 3.09. The van der Waals surface area contributed by atoms with E-state index in [4.69, 9.17) is 11.6 Å². The van der Waals surface area contributed by atoms with Crippen LogP contribution in [0.3, 0.4) is 0 Å². The SMILES string of the molecule is Fc1ccc(Nc2cccc(Cl)n2)c(I)c1.